The fraction of sp³-hybridized carbons (Fsp3) is 0.231. The van der Waals surface area contributed by atoms with E-state index in [0.717, 1.165) is 11.3 Å². The van der Waals surface area contributed by atoms with E-state index in [2.05, 4.69) is 20.8 Å². The van der Waals surface area contributed by atoms with Crippen LogP contribution in [0.1, 0.15) is 17.4 Å². The third-order valence-corrected chi connectivity index (χ3v) is 2.64. The maximum atomic E-state index is 11.5. The monoisotopic (exact) mass is 260 g/mol. The number of rotatable bonds is 5. The van der Waals surface area contributed by atoms with Gasteiger partial charge in [-0.2, -0.15) is 5.10 Å². The molecule has 0 aliphatic heterocycles. The van der Waals surface area contributed by atoms with Crippen LogP contribution in [0.25, 0.3) is 0 Å². The zero-order valence-corrected chi connectivity index (χ0v) is 10.3. The Morgan fingerprint density at radius 1 is 1.26 bits per heavy atom. The first-order valence-corrected chi connectivity index (χ1v) is 5.98. The summed E-state index contributed by atoms with van der Waals surface area (Å²) < 4.78 is 0. The second-order valence-corrected chi connectivity index (χ2v) is 4.07. The molecule has 2 rings (SSSR count). The number of aromatic amines is 1. The highest BCUT2D eigenvalue weighted by Gasteiger charge is 2.08. The van der Waals surface area contributed by atoms with Gasteiger partial charge in [-0.05, 0) is 11.6 Å². The normalized spacial score (nSPS) is 11.8. The highest BCUT2D eigenvalue weighted by atomic mass is 16.3. The van der Waals surface area contributed by atoms with Gasteiger partial charge in [-0.25, -0.2) is 4.79 Å². The number of hydrogen-bond acceptors (Lipinski definition) is 3. The Labute approximate surface area is 110 Å². The van der Waals surface area contributed by atoms with Gasteiger partial charge >= 0.3 is 6.03 Å². The Kier molecular flexibility index (Phi) is 4.52. The largest absolute Gasteiger partial charge is 0.387 e. The summed E-state index contributed by atoms with van der Waals surface area (Å²) in [7, 11) is 0. The van der Waals surface area contributed by atoms with Crippen LogP contribution < -0.4 is 10.6 Å². The molecule has 1 aromatic carbocycles. The number of carbonyl (C=O) groups is 1. The van der Waals surface area contributed by atoms with Crippen LogP contribution in [-0.2, 0) is 6.54 Å². The number of hydrogen-bond donors (Lipinski definition) is 4. The molecule has 0 bridgehead atoms. The summed E-state index contributed by atoms with van der Waals surface area (Å²) in [4.78, 5) is 11.5. The van der Waals surface area contributed by atoms with Crippen molar-refractivity contribution in [2.75, 3.05) is 6.54 Å². The first-order valence-electron chi connectivity index (χ1n) is 5.98. The van der Waals surface area contributed by atoms with Crippen LogP contribution in [0, 0.1) is 0 Å². The van der Waals surface area contributed by atoms with E-state index in [9.17, 15) is 9.90 Å². The lowest BCUT2D eigenvalue weighted by Crippen LogP contribution is -2.37. The van der Waals surface area contributed by atoms with Crippen molar-refractivity contribution in [1.29, 1.82) is 0 Å². The molecule has 100 valence electrons. The topological polar surface area (TPSA) is 90.0 Å². The lowest BCUT2D eigenvalue weighted by molar-refractivity contribution is 0.173. The molecule has 2 aromatic rings. The van der Waals surface area contributed by atoms with Crippen LogP contribution in [0.5, 0.6) is 0 Å². The quantitative estimate of drug-likeness (QED) is 0.645. The van der Waals surface area contributed by atoms with Gasteiger partial charge in [0, 0.05) is 12.7 Å². The number of aromatic nitrogens is 2. The second kappa shape index (κ2) is 6.55. The van der Waals surface area contributed by atoms with Crippen LogP contribution in [0.2, 0.25) is 0 Å². The van der Waals surface area contributed by atoms with E-state index in [1.807, 2.05) is 30.3 Å². The molecular weight excluding hydrogens is 244 g/mol. The van der Waals surface area contributed by atoms with Crippen molar-refractivity contribution < 1.29 is 9.90 Å². The molecule has 19 heavy (non-hydrogen) atoms. The van der Waals surface area contributed by atoms with Gasteiger partial charge in [-0.3, -0.25) is 5.10 Å². The third kappa shape index (κ3) is 4.11. The molecule has 0 aliphatic rings. The predicted molar refractivity (Wildman–Crippen MR) is 70.2 cm³/mol. The Hall–Kier alpha value is -2.34. The molecule has 1 aromatic heterocycles. The predicted octanol–water partition coefficient (Wildman–Crippen LogP) is 0.942. The number of urea groups is 1. The molecule has 0 spiro atoms. The van der Waals surface area contributed by atoms with Gasteiger partial charge in [-0.1, -0.05) is 30.3 Å². The molecule has 0 radical (unpaired) electrons. The molecule has 6 heteroatoms. The summed E-state index contributed by atoms with van der Waals surface area (Å²) in [5.74, 6) is 0. The van der Waals surface area contributed by atoms with E-state index < -0.39 is 6.10 Å². The first-order chi connectivity index (χ1) is 9.25. The number of H-pyrrole nitrogens is 1. The van der Waals surface area contributed by atoms with Crippen molar-refractivity contribution in [3.8, 4) is 0 Å². The summed E-state index contributed by atoms with van der Waals surface area (Å²) >= 11 is 0. The summed E-state index contributed by atoms with van der Waals surface area (Å²) in [5, 5.41) is 21.7. The van der Waals surface area contributed by atoms with Gasteiger partial charge in [0.25, 0.3) is 0 Å². The van der Waals surface area contributed by atoms with Crippen molar-refractivity contribution in [2.45, 2.75) is 12.6 Å². The second-order valence-electron chi connectivity index (χ2n) is 4.07. The number of aliphatic hydroxyl groups is 1. The Bertz CT molecular complexity index is 499. The number of amides is 2. The molecule has 0 aliphatic carbocycles. The average molecular weight is 260 g/mol. The summed E-state index contributed by atoms with van der Waals surface area (Å²) in [6.07, 6.45) is 0.910. The number of nitrogens with zero attached hydrogens (tertiary/aromatic N) is 1. The molecule has 0 saturated heterocycles. The smallest absolute Gasteiger partial charge is 0.315 e. The van der Waals surface area contributed by atoms with Gasteiger partial charge in [0.05, 0.1) is 18.3 Å². The standard InChI is InChI=1S/C13H16N4O2/c18-12(10-4-2-1-3-5-10)9-15-13(19)14-8-11-6-7-16-17-11/h1-7,12,18H,8-9H2,(H,16,17)(H2,14,15,19)/t12-/m0/s1. The van der Waals surface area contributed by atoms with Gasteiger partial charge in [-0.15, -0.1) is 0 Å². The highest BCUT2D eigenvalue weighted by Crippen LogP contribution is 2.10. The minimum absolute atomic E-state index is 0.165. The van der Waals surface area contributed by atoms with Gasteiger partial charge < -0.3 is 15.7 Å². The molecular formula is C13H16N4O2. The maximum absolute atomic E-state index is 11.5. The van der Waals surface area contributed by atoms with Gasteiger partial charge in [0.1, 0.15) is 0 Å². The molecule has 6 nitrogen and oxygen atoms in total. The van der Waals surface area contributed by atoms with Crippen LogP contribution in [0.3, 0.4) is 0 Å². The minimum Gasteiger partial charge on any atom is -0.387 e. The third-order valence-electron chi connectivity index (χ3n) is 2.64. The summed E-state index contributed by atoms with van der Waals surface area (Å²) in [6, 6.07) is 10.6. The molecule has 0 saturated carbocycles. The van der Waals surface area contributed by atoms with Crippen LogP contribution >= 0.6 is 0 Å². The maximum Gasteiger partial charge on any atom is 0.315 e. The molecule has 2 amide bonds. The zero-order chi connectivity index (χ0) is 13.5. The Balaban J connectivity index is 1.71. The Morgan fingerprint density at radius 3 is 2.74 bits per heavy atom. The SMILES string of the molecule is O=C(NCc1ccn[nH]1)NC[C@H](O)c1ccccc1. The number of benzene rings is 1. The lowest BCUT2D eigenvalue weighted by atomic mass is 10.1. The summed E-state index contributed by atoms with van der Waals surface area (Å²) in [6.45, 7) is 0.534. The van der Waals surface area contributed by atoms with Crippen LogP contribution in [-0.4, -0.2) is 27.9 Å². The average Bonchev–Trinajstić information content (AvgIpc) is 2.96. The van der Waals surface area contributed by atoms with E-state index in [0.29, 0.717) is 6.54 Å². The van der Waals surface area contributed by atoms with Crippen molar-refractivity contribution >= 4 is 6.03 Å². The van der Waals surface area contributed by atoms with Crippen LogP contribution in [0.15, 0.2) is 42.6 Å². The number of aliphatic hydroxyl groups excluding tert-OH is 1. The van der Waals surface area contributed by atoms with Gasteiger partial charge in [0.2, 0.25) is 0 Å². The van der Waals surface area contributed by atoms with E-state index in [1.165, 1.54) is 0 Å². The fourth-order valence-electron chi connectivity index (χ4n) is 1.60. The zero-order valence-electron chi connectivity index (χ0n) is 10.3. The minimum atomic E-state index is -0.709. The molecule has 1 heterocycles. The molecule has 0 fully saturated rings. The van der Waals surface area contributed by atoms with E-state index in [4.69, 9.17) is 0 Å². The Morgan fingerprint density at radius 2 is 2.05 bits per heavy atom. The lowest BCUT2D eigenvalue weighted by Gasteiger charge is -2.12. The van der Waals surface area contributed by atoms with E-state index in [-0.39, 0.29) is 12.6 Å². The molecule has 0 unspecified atom stereocenters. The van der Waals surface area contributed by atoms with E-state index in [1.54, 1.807) is 12.3 Å². The first kappa shape index (κ1) is 13.1. The molecule has 1 atom stereocenters. The highest BCUT2D eigenvalue weighted by molar-refractivity contribution is 5.73. The fourth-order valence-corrected chi connectivity index (χ4v) is 1.60. The van der Waals surface area contributed by atoms with Gasteiger partial charge in [0.15, 0.2) is 0 Å². The van der Waals surface area contributed by atoms with Crippen LogP contribution in [0.4, 0.5) is 4.79 Å². The number of nitrogens with one attached hydrogen (secondary N) is 3. The van der Waals surface area contributed by atoms with Crippen molar-refractivity contribution in [3.05, 3.63) is 53.9 Å². The van der Waals surface area contributed by atoms with Crippen molar-refractivity contribution in [1.82, 2.24) is 20.8 Å². The summed E-state index contributed by atoms with van der Waals surface area (Å²) in [5.41, 5.74) is 1.59. The number of carbonyl (C=O) groups excluding carboxylic acids is 1. The molecule has 4 N–H and O–H groups in total. The van der Waals surface area contributed by atoms with Crippen molar-refractivity contribution in [3.63, 3.8) is 0 Å². The van der Waals surface area contributed by atoms with E-state index >= 15 is 0 Å². The van der Waals surface area contributed by atoms with Crippen molar-refractivity contribution in [2.24, 2.45) is 0 Å².